The van der Waals surface area contributed by atoms with Crippen molar-refractivity contribution in [3.63, 3.8) is 0 Å². The van der Waals surface area contributed by atoms with Crippen molar-refractivity contribution in [2.24, 2.45) is 5.73 Å². The molecule has 2 N–H and O–H groups in total. The van der Waals surface area contributed by atoms with E-state index in [1.165, 1.54) is 0 Å². The predicted molar refractivity (Wildman–Crippen MR) is 105 cm³/mol. The zero-order valence-electron chi connectivity index (χ0n) is 15.6. The molecule has 0 bridgehead atoms. The van der Waals surface area contributed by atoms with Gasteiger partial charge in [0.2, 0.25) is 15.0 Å². The molecule has 0 aliphatic carbocycles. The summed E-state index contributed by atoms with van der Waals surface area (Å²) in [6.07, 6.45) is 0.471. The number of sulfone groups is 1. The Labute approximate surface area is 160 Å². The fraction of sp³-hybridized carbons (Fsp3) is 0.300. The fourth-order valence-corrected chi connectivity index (χ4v) is 4.40. The molecule has 0 radical (unpaired) electrons. The highest BCUT2D eigenvalue weighted by Gasteiger charge is 2.25. The van der Waals surface area contributed by atoms with Crippen LogP contribution in [-0.4, -0.2) is 29.7 Å². The van der Waals surface area contributed by atoms with Gasteiger partial charge in [-0.1, -0.05) is 59.7 Å². The van der Waals surface area contributed by atoms with Gasteiger partial charge in [-0.25, -0.2) is 8.42 Å². The molecule has 0 atom stereocenters. The van der Waals surface area contributed by atoms with Gasteiger partial charge in [0.1, 0.15) is 5.82 Å². The van der Waals surface area contributed by atoms with Crippen molar-refractivity contribution in [2.45, 2.75) is 37.7 Å². The first-order valence-corrected chi connectivity index (χ1v) is 10.5. The van der Waals surface area contributed by atoms with Crippen LogP contribution in [0.15, 0.2) is 53.7 Å². The number of aryl methyl sites for hydroxylation is 2. The molecule has 0 saturated carbocycles. The van der Waals surface area contributed by atoms with E-state index in [4.69, 9.17) is 5.73 Å². The topological polar surface area (TPSA) is 90.9 Å². The summed E-state index contributed by atoms with van der Waals surface area (Å²) in [7, 11) is -3.64. The zero-order chi connectivity index (χ0) is 19.4. The van der Waals surface area contributed by atoms with E-state index >= 15 is 0 Å². The van der Waals surface area contributed by atoms with Crippen LogP contribution in [0.2, 0.25) is 0 Å². The number of hydrogen-bond donors (Lipinski definition) is 1. The monoisotopic (exact) mass is 384 g/mol. The molecule has 0 spiro atoms. The summed E-state index contributed by atoms with van der Waals surface area (Å²) in [6.45, 7) is 4.73. The normalized spacial score (nSPS) is 11.7. The maximum atomic E-state index is 13.0. The summed E-state index contributed by atoms with van der Waals surface area (Å²) in [5, 5.41) is 8.10. The van der Waals surface area contributed by atoms with Crippen molar-refractivity contribution < 1.29 is 8.42 Å². The highest BCUT2D eigenvalue weighted by molar-refractivity contribution is 7.90. The smallest absolute Gasteiger partial charge is 0.250 e. The molecule has 0 saturated heterocycles. The lowest BCUT2D eigenvalue weighted by Gasteiger charge is -2.11. The molecule has 2 aromatic carbocycles. The van der Waals surface area contributed by atoms with E-state index < -0.39 is 9.84 Å². The molecule has 1 heterocycles. The molecule has 1 aromatic heterocycles. The van der Waals surface area contributed by atoms with Crippen molar-refractivity contribution in [2.75, 3.05) is 6.54 Å². The van der Waals surface area contributed by atoms with Crippen LogP contribution in [0.5, 0.6) is 0 Å². The van der Waals surface area contributed by atoms with Gasteiger partial charge in [-0.15, -0.1) is 10.2 Å². The molecular weight excluding hydrogens is 360 g/mol. The van der Waals surface area contributed by atoms with Crippen LogP contribution in [0, 0.1) is 13.8 Å². The molecule has 0 aliphatic heterocycles. The minimum atomic E-state index is -3.64. The molecule has 3 rings (SSSR count). The third-order valence-corrected chi connectivity index (χ3v) is 5.91. The number of nitrogens with two attached hydrogens (primary N) is 1. The molecule has 0 aliphatic rings. The van der Waals surface area contributed by atoms with Crippen LogP contribution in [0.4, 0.5) is 0 Å². The van der Waals surface area contributed by atoms with Crippen molar-refractivity contribution in [1.82, 2.24) is 14.8 Å². The Morgan fingerprint density at radius 2 is 1.70 bits per heavy atom. The fourth-order valence-electron chi connectivity index (χ4n) is 2.98. The van der Waals surface area contributed by atoms with Gasteiger partial charge >= 0.3 is 0 Å². The Morgan fingerprint density at radius 3 is 2.37 bits per heavy atom. The molecule has 0 fully saturated rings. The number of nitrogens with zero attached hydrogens (tertiary/aromatic N) is 3. The van der Waals surface area contributed by atoms with Crippen LogP contribution in [0.3, 0.4) is 0 Å². The van der Waals surface area contributed by atoms with Gasteiger partial charge < -0.3 is 5.73 Å². The van der Waals surface area contributed by atoms with Crippen molar-refractivity contribution >= 4 is 9.84 Å². The molecular formula is C20H24N4O2S. The summed E-state index contributed by atoms with van der Waals surface area (Å²) < 4.78 is 27.8. The largest absolute Gasteiger partial charge is 0.330 e. The summed E-state index contributed by atoms with van der Waals surface area (Å²) in [5.74, 6) is 0.476. The minimum Gasteiger partial charge on any atom is -0.330 e. The van der Waals surface area contributed by atoms with Gasteiger partial charge in [-0.05, 0) is 31.5 Å². The second kappa shape index (κ2) is 8.02. The lowest BCUT2D eigenvalue weighted by Crippen LogP contribution is -2.17. The maximum Gasteiger partial charge on any atom is 0.250 e. The van der Waals surface area contributed by atoms with Gasteiger partial charge in [0.05, 0.1) is 12.3 Å². The number of rotatable bonds is 7. The molecule has 142 valence electrons. The average Bonchev–Trinajstić information content (AvgIpc) is 3.00. The lowest BCUT2D eigenvalue weighted by atomic mass is 10.1. The van der Waals surface area contributed by atoms with Gasteiger partial charge in [0, 0.05) is 6.42 Å². The second-order valence-electron chi connectivity index (χ2n) is 6.76. The van der Waals surface area contributed by atoms with Gasteiger partial charge in [0.15, 0.2) is 0 Å². The van der Waals surface area contributed by atoms with E-state index in [-0.39, 0.29) is 10.9 Å². The van der Waals surface area contributed by atoms with Crippen LogP contribution >= 0.6 is 0 Å². The quantitative estimate of drug-likeness (QED) is 0.675. The SMILES string of the molecule is Cc1ccc(Cn2c(CCN)nnc2S(=O)(=O)Cc2cccc(C)c2)cc1. The first kappa shape index (κ1) is 19.3. The maximum absolute atomic E-state index is 13.0. The van der Waals surface area contributed by atoms with E-state index in [0.717, 1.165) is 22.3 Å². The summed E-state index contributed by atoms with van der Waals surface area (Å²) >= 11 is 0. The van der Waals surface area contributed by atoms with Crippen LogP contribution in [-0.2, 0) is 28.6 Å². The Kier molecular flexibility index (Phi) is 5.72. The second-order valence-corrected chi connectivity index (χ2v) is 8.64. The van der Waals surface area contributed by atoms with E-state index in [9.17, 15) is 8.42 Å². The standard InChI is InChI=1S/C20H24N4O2S/c1-15-6-8-17(9-7-15)13-24-19(10-11-21)22-23-20(24)27(25,26)14-18-5-3-4-16(2)12-18/h3-9,12H,10-11,13-14,21H2,1-2H3. The highest BCUT2D eigenvalue weighted by Crippen LogP contribution is 2.19. The van der Waals surface area contributed by atoms with E-state index in [0.29, 0.717) is 25.3 Å². The lowest BCUT2D eigenvalue weighted by molar-refractivity contribution is 0.566. The van der Waals surface area contributed by atoms with Crippen LogP contribution in [0.1, 0.15) is 28.1 Å². The molecule has 7 heteroatoms. The molecule has 27 heavy (non-hydrogen) atoms. The average molecular weight is 385 g/mol. The molecule has 6 nitrogen and oxygen atoms in total. The molecule has 0 unspecified atom stereocenters. The Hall–Kier alpha value is -2.51. The number of hydrogen-bond acceptors (Lipinski definition) is 5. The molecule has 3 aromatic rings. The Bertz CT molecular complexity index is 1020. The van der Waals surface area contributed by atoms with Gasteiger partial charge in [-0.3, -0.25) is 4.57 Å². The van der Waals surface area contributed by atoms with Crippen molar-refractivity contribution in [3.05, 3.63) is 76.6 Å². The van der Waals surface area contributed by atoms with E-state index in [1.54, 1.807) is 4.57 Å². The highest BCUT2D eigenvalue weighted by atomic mass is 32.2. The van der Waals surface area contributed by atoms with Gasteiger partial charge in [-0.2, -0.15) is 0 Å². The third-order valence-electron chi connectivity index (χ3n) is 4.34. The minimum absolute atomic E-state index is 0.00645. The molecule has 0 amide bonds. The first-order valence-electron chi connectivity index (χ1n) is 8.85. The third kappa shape index (κ3) is 4.61. The van der Waals surface area contributed by atoms with E-state index in [1.807, 2.05) is 62.4 Å². The Morgan fingerprint density at radius 1 is 0.963 bits per heavy atom. The number of benzene rings is 2. The predicted octanol–water partition coefficient (Wildman–Crippen LogP) is 2.42. The summed E-state index contributed by atoms with van der Waals surface area (Å²) in [5.41, 5.74) is 9.57. The summed E-state index contributed by atoms with van der Waals surface area (Å²) in [4.78, 5) is 0. The number of aromatic nitrogens is 3. The summed E-state index contributed by atoms with van der Waals surface area (Å²) in [6, 6.07) is 15.5. The Balaban J connectivity index is 1.97. The first-order chi connectivity index (χ1) is 12.9. The zero-order valence-corrected chi connectivity index (χ0v) is 16.4. The van der Waals surface area contributed by atoms with Crippen LogP contribution in [0.25, 0.3) is 0 Å². The van der Waals surface area contributed by atoms with Crippen LogP contribution < -0.4 is 5.73 Å². The van der Waals surface area contributed by atoms with Crippen molar-refractivity contribution in [3.8, 4) is 0 Å². The van der Waals surface area contributed by atoms with Crippen molar-refractivity contribution in [1.29, 1.82) is 0 Å². The van der Waals surface area contributed by atoms with E-state index in [2.05, 4.69) is 10.2 Å². The van der Waals surface area contributed by atoms with Gasteiger partial charge in [0.25, 0.3) is 0 Å².